The summed E-state index contributed by atoms with van der Waals surface area (Å²) >= 11 is 6.71. The van der Waals surface area contributed by atoms with Crippen molar-refractivity contribution in [3.63, 3.8) is 0 Å². The van der Waals surface area contributed by atoms with E-state index in [1.54, 1.807) is 11.3 Å². The summed E-state index contributed by atoms with van der Waals surface area (Å²) in [5, 5.41) is 7.05. The highest BCUT2D eigenvalue weighted by Gasteiger charge is 2.24. The predicted molar refractivity (Wildman–Crippen MR) is 68.2 cm³/mol. The molecule has 6 heteroatoms. The Labute approximate surface area is 103 Å². The fourth-order valence-corrected chi connectivity index (χ4v) is 2.64. The lowest BCUT2D eigenvalue weighted by Crippen LogP contribution is -2.13. The molecule has 4 nitrogen and oxygen atoms in total. The van der Waals surface area contributed by atoms with E-state index in [1.165, 1.54) is 0 Å². The van der Waals surface area contributed by atoms with Gasteiger partial charge in [0.05, 0.1) is 16.1 Å². The van der Waals surface area contributed by atoms with E-state index < -0.39 is 0 Å². The molecule has 0 aliphatic heterocycles. The number of hydrogen-bond acceptors (Lipinski definition) is 4. The monoisotopic (exact) mass is 254 g/mol. The van der Waals surface area contributed by atoms with Gasteiger partial charge in [-0.2, -0.15) is 5.10 Å². The van der Waals surface area contributed by atoms with Crippen LogP contribution >= 0.6 is 23.6 Å². The van der Waals surface area contributed by atoms with Crippen molar-refractivity contribution in [3.8, 4) is 10.7 Å². The van der Waals surface area contributed by atoms with Crippen LogP contribution in [0.15, 0.2) is 5.51 Å². The number of aromatic nitrogens is 4. The second-order valence-corrected chi connectivity index (χ2v) is 5.93. The van der Waals surface area contributed by atoms with E-state index in [2.05, 4.69) is 36.0 Å². The first-order valence-corrected chi connectivity index (χ1v) is 6.26. The van der Waals surface area contributed by atoms with Crippen molar-refractivity contribution in [2.24, 2.45) is 7.05 Å². The van der Waals surface area contributed by atoms with Gasteiger partial charge in [-0.05, 0) is 12.2 Å². The summed E-state index contributed by atoms with van der Waals surface area (Å²) in [4.78, 5) is 5.52. The van der Waals surface area contributed by atoms with Crippen LogP contribution in [0.3, 0.4) is 0 Å². The van der Waals surface area contributed by atoms with Gasteiger partial charge in [0.1, 0.15) is 0 Å². The number of H-pyrrole nitrogens is 1. The van der Waals surface area contributed by atoms with Gasteiger partial charge in [-0.1, -0.05) is 20.8 Å². The maximum absolute atomic E-state index is 5.11. The molecule has 0 atom stereocenters. The number of thiazole rings is 1. The molecule has 0 aliphatic carbocycles. The first-order chi connectivity index (χ1) is 7.41. The van der Waals surface area contributed by atoms with Gasteiger partial charge in [0.25, 0.3) is 0 Å². The van der Waals surface area contributed by atoms with Crippen LogP contribution in [0.1, 0.15) is 26.5 Å². The van der Waals surface area contributed by atoms with Gasteiger partial charge >= 0.3 is 0 Å². The third-order valence-electron chi connectivity index (χ3n) is 2.36. The van der Waals surface area contributed by atoms with Crippen molar-refractivity contribution >= 4 is 23.6 Å². The number of hydrogen-bond donors (Lipinski definition) is 1. The SMILES string of the molecule is Cn1c(-c2scnc2C(C)(C)C)n[nH]c1=S. The minimum atomic E-state index is 0.0168. The lowest BCUT2D eigenvalue weighted by molar-refractivity contribution is 0.574. The minimum absolute atomic E-state index is 0.0168. The summed E-state index contributed by atoms with van der Waals surface area (Å²) in [6.45, 7) is 6.44. The van der Waals surface area contributed by atoms with Gasteiger partial charge in [-0.25, -0.2) is 4.98 Å². The second-order valence-electron chi connectivity index (χ2n) is 4.69. The predicted octanol–water partition coefficient (Wildman–Crippen LogP) is 2.90. The van der Waals surface area contributed by atoms with E-state index in [4.69, 9.17) is 12.2 Å². The van der Waals surface area contributed by atoms with Crippen LogP contribution < -0.4 is 0 Å². The normalized spacial score (nSPS) is 12.0. The van der Waals surface area contributed by atoms with Gasteiger partial charge in [-0.15, -0.1) is 11.3 Å². The van der Waals surface area contributed by atoms with Crippen LogP contribution in [0.4, 0.5) is 0 Å². The van der Waals surface area contributed by atoms with Gasteiger partial charge in [0.15, 0.2) is 10.6 Å². The molecule has 86 valence electrons. The largest absolute Gasteiger partial charge is 0.303 e. The topological polar surface area (TPSA) is 46.5 Å². The summed E-state index contributed by atoms with van der Waals surface area (Å²) in [7, 11) is 1.91. The molecule has 16 heavy (non-hydrogen) atoms. The molecule has 0 unspecified atom stereocenters. The number of nitrogens with one attached hydrogen (secondary N) is 1. The van der Waals surface area contributed by atoms with Crippen LogP contribution in [0, 0.1) is 4.77 Å². The number of nitrogens with zero attached hydrogens (tertiary/aromatic N) is 3. The van der Waals surface area contributed by atoms with Crippen molar-refractivity contribution in [3.05, 3.63) is 16.0 Å². The molecule has 2 aromatic rings. The third kappa shape index (κ3) is 1.82. The van der Waals surface area contributed by atoms with Crippen molar-refractivity contribution in [2.45, 2.75) is 26.2 Å². The molecule has 0 bridgehead atoms. The molecular formula is C10H14N4S2. The van der Waals surface area contributed by atoms with Crippen molar-refractivity contribution in [2.75, 3.05) is 0 Å². The minimum Gasteiger partial charge on any atom is -0.303 e. The molecule has 2 rings (SSSR count). The molecule has 2 aromatic heterocycles. The van der Waals surface area contributed by atoms with E-state index in [0.29, 0.717) is 4.77 Å². The zero-order valence-corrected chi connectivity index (χ0v) is 11.4. The highest BCUT2D eigenvalue weighted by molar-refractivity contribution is 7.71. The average molecular weight is 254 g/mol. The Kier molecular flexibility index (Phi) is 2.71. The van der Waals surface area contributed by atoms with Crippen molar-refractivity contribution < 1.29 is 0 Å². The van der Waals surface area contributed by atoms with Crippen LogP contribution in [0.2, 0.25) is 0 Å². The Hall–Kier alpha value is -1.01. The molecule has 0 fully saturated rings. The maximum Gasteiger partial charge on any atom is 0.195 e. The molecular weight excluding hydrogens is 240 g/mol. The first-order valence-electron chi connectivity index (χ1n) is 4.97. The van der Waals surface area contributed by atoms with Gasteiger partial charge in [0, 0.05) is 12.5 Å². The highest BCUT2D eigenvalue weighted by atomic mass is 32.1. The lowest BCUT2D eigenvalue weighted by atomic mass is 9.91. The van der Waals surface area contributed by atoms with Crippen LogP contribution in [0.25, 0.3) is 10.7 Å². The first kappa shape index (κ1) is 11.5. The second kappa shape index (κ2) is 3.78. The lowest BCUT2D eigenvalue weighted by Gasteiger charge is -2.17. The molecule has 0 amide bonds. The average Bonchev–Trinajstić information content (AvgIpc) is 2.74. The zero-order chi connectivity index (χ0) is 11.9. The highest BCUT2D eigenvalue weighted by Crippen LogP contribution is 2.33. The summed E-state index contributed by atoms with van der Waals surface area (Å²) < 4.78 is 2.50. The zero-order valence-electron chi connectivity index (χ0n) is 9.74. The summed E-state index contributed by atoms with van der Waals surface area (Å²) in [6, 6.07) is 0. The molecule has 0 spiro atoms. The van der Waals surface area contributed by atoms with E-state index in [-0.39, 0.29) is 5.41 Å². The fourth-order valence-electron chi connectivity index (χ4n) is 1.49. The number of aromatic amines is 1. The Balaban J connectivity index is 2.62. The Morgan fingerprint density at radius 1 is 1.44 bits per heavy atom. The Bertz CT molecular complexity index is 556. The molecule has 0 saturated heterocycles. The third-order valence-corrected chi connectivity index (χ3v) is 3.55. The molecule has 0 aromatic carbocycles. The number of rotatable bonds is 1. The van der Waals surface area contributed by atoms with Crippen LogP contribution in [-0.2, 0) is 12.5 Å². The van der Waals surface area contributed by atoms with Gasteiger partial charge < -0.3 is 4.57 Å². The van der Waals surface area contributed by atoms with E-state index >= 15 is 0 Å². The molecule has 0 radical (unpaired) electrons. The van der Waals surface area contributed by atoms with Crippen molar-refractivity contribution in [1.82, 2.24) is 19.7 Å². The van der Waals surface area contributed by atoms with E-state index in [0.717, 1.165) is 16.4 Å². The maximum atomic E-state index is 5.11. The van der Waals surface area contributed by atoms with E-state index in [9.17, 15) is 0 Å². The van der Waals surface area contributed by atoms with Gasteiger partial charge in [0.2, 0.25) is 0 Å². The van der Waals surface area contributed by atoms with Crippen LogP contribution in [0.5, 0.6) is 0 Å². The van der Waals surface area contributed by atoms with Gasteiger partial charge in [-0.3, -0.25) is 5.10 Å². The summed E-state index contributed by atoms with van der Waals surface area (Å²) in [5.74, 6) is 0.859. The summed E-state index contributed by atoms with van der Waals surface area (Å²) in [6.07, 6.45) is 0. The summed E-state index contributed by atoms with van der Waals surface area (Å²) in [5.41, 5.74) is 2.94. The molecule has 0 aliphatic rings. The fraction of sp³-hybridized carbons (Fsp3) is 0.500. The Morgan fingerprint density at radius 2 is 2.12 bits per heavy atom. The molecule has 0 saturated carbocycles. The Morgan fingerprint density at radius 3 is 2.62 bits per heavy atom. The quantitative estimate of drug-likeness (QED) is 0.796. The van der Waals surface area contributed by atoms with Crippen molar-refractivity contribution in [1.29, 1.82) is 0 Å². The smallest absolute Gasteiger partial charge is 0.195 e. The van der Waals surface area contributed by atoms with E-state index in [1.807, 2.05) is 17.1 Å². The van der Waals surface area contributed by atoms with Crippen LogP contribution in [-0.4, -0.2) is 19.7 Å². The standard InChI is InChI=1S/C10H14N4S2/c1-10(2,3)7-6(16-5-11-7)8-12-13-9(15)14(8)4/h5H,1-4H3,(H,13,15). The molecule has 2 heterocycles. The molecule has 1 N–H and O–H groups in total.